The molecular formula is C12H9FN4OS. The highest BCUT2D eigenvalue weighted by atomic mass is 32.2. The standard InChI is InChI=1S/C12H9FN4OS/c1-19-12-9(6-14)10(16-17-12)15-11(18)7-2-4-8(13)5-3-7/h2-5H,1H3,(H2,15,16,17,18). The molecule has 5 nitrogen and oxygen atoms in total. The van der Waals surface area contributed by atoms with Crippen molar-refractivity contribution in [3.8, 4) is 6.07 Å². The summed E-state index contributed by atoms with van der Waals surface area (Å²) in [4.78, 5) is 11.9. The number of benzene rings is 1. The van der Waals surface area contributed by atoms with Gasteiger partial charge in [-0.25, -0.2) is 4.39 Å². The first-order valence-corrected chi connectivity index (χ1v) is 6.47. The molecular weight excluding hydrogens is 267 g/mol. The third-order valence-corrected chi connectivity index (χ3v) is 3.07. The predicted molar refractivity (Wildman–Crippen MR) is 69.4 cm³/mol. The van der Waals surface area contributed by atoms with Gasteiger partial charge in [0.15, 0.2) is 0 Å². The van der Waals surface area contributed by atoms with Crippen molar-refractivity contribution in [3.63, 3.8) is 0 Å². The van der Waals surface area contributed by atoms with Gasteiger partial charge in [-0.2, -0.15) is 10.4 Å². The zero-order chi connectivity index (χ0) is 13.8. The molecule has 1 heterocycles. The van der Waals surface area contributed by atoms with E-state index in [0.29, 0.717) is 10.6 Å². The Kier molecular flexibility index (Phi) is 3.82. The molecule has 0 aliphatic rings. The molecule has 19 heavy (non-hydrogen) atoms. The molecule has 0 bridgehead atoms. The van der Waals surface area contributed by atoms with E-state index in [9.17, 15) is 9.18 Å². The lowest BCUT2D eigenvalue weighted by Gasteiger charge is -2.02. The maximum absolute atomic E-state index is 12.8. The fourth-order valence-electron chi connectivity index (χ4n) is 1.45. The summed E-state index contributed by atoms with van der Waals surface area (Å²) >= 11 is 1.30. The summed E-state index contributed by atoms with van der Waals surface area (Å²) in [6.45, 7) is 0. The second-order valence-electron chi connectivity index (χ2n) is 3.56. The van der Waals surface area contributed by atoms with Crippen LogP contribution in [0.3, 0.4) is 0 Å². The summed E-state index contributed by atoms with van der Waals surface area (Å²) in [6, 6.07) is 7.09. The number of aromatic amines is 1. The SMILES string of the molecule is CSc1n[nH]c(NC(=O)c2ccc(F)cc2)c1C#N. The third-order valence-electron chi connectivity index (χ3n) is 2.38. The Morgan fingerprint density at radius 2 is 2.16 bits per heavy atom. The Hall–Kier alpha value is -2.33. The van der Waals surface area contributed by atoms with Gasteiger partial charge in [0.1, 0.15) is 28.3 Å². The van der Waals surface area contributed by atoms with Gasteiger partial charge in [-0.05, 0) is 30.5 Å². The zero-order valence-electron chi connectivity index (χ0n) is 9.90. The van der Waals surface area contributed by atoms with Gasteiger partial charge in [0.2, 0.25) is 0 Å². The van der Waals surface area contributed by atoms with E-state index in [1.54, 1.807) is 6.26 Å². The minimum Gasteiger partial charge on any atom is -0.306 e. The van der Waals surface area contributed by atoms with Crippen molar-refractivity contribution in [1.29, 1.82) is 5.26 Å². The van der Waals surface area contributed by atoms with Gasteiger partial charge in [0, 0.05) is 5.56 Å². The number of aromatic nitrogens is 2. The fourth-order valence-corrected chi connectivity index (χ4v) is 1.94. The number of halogens is 1. The molecule has 0 unspecified atom stereocenters. The highest BCUT2D eigenvalue weighted by molar-refractivity contribution is 7.98. The smallest absolute Gasteiger partial charge is 0.256 e. The van der Waals surface area contributed by atoms with E-state index in [-0.39, 0.29) is 11.4 Å². The number of hydrogen-bond donors (Lipinski definition) is 2. The molecule has 1 aromatic heterocycles. The molecule has 96 valence electrons. The molecule has 0 aliphatic heterocycles. The van der Waals surface area contributed by atoms with Gasteiger partial charge in [-0.3, -0.25) is 9.89 Å². The van der Waals surface area contributed by atoms with Crippen LogP contribution in [0.1, 0.15) is 15.9 Å². The Labute approximate surface area is 112 Å². The van der Waals surface area contributed by atoms with Crippen LogP contribution in [0, 0.1) is 17.1 Å². The summed E-state index contributed by atoms with van der Waals surface area (Å²) in [5.74, 6) is -0.616. The van der Waals surface area contributed by atoms with E-state index in [0.717, 1.165) is 0 Å². The number of H-pyrrole nitrogens is 1. The van der Waals surface area contributed by atoms with Crippen LogP contribution in [0.25, 0.3) is 0 Å². The van der Waals surface area contributed by atoms with E-state index < -0.39 is 11.7 Å². The molecule has 0 spiro atoms. The minimum absolute atomic E-state index is 0.237. The highest BCUT2D eigenvalue weighted by Gasteiger charge is 2.15. The van der Waals surface area contributed by atoms with Crippen molar-refractivity contribution in [2.75, 3.05) is 11.6 Å². The third kappa shape index (κ3) is 2.74. The molecule has 0 saturated carbocycles. The summed E-state index contributed by atoms with van der Waals surface area (Å²) in [6.07, 6.45) is 1.78. The average Bonchev–Trinajstić information content (AvgIpc) is 2.81. The van der Waals surface area contributed by atoms with Crippen LogP contribution in [0.5, 0.6) is 0 Å². The molecule has 1 amide bonds. The molecule has 0 atom stereocenters. The molecule has 0 aliphatic carbocycles. The molecule has 0 radical (unpaired) electrons. The molecule has 7 heteroatoms. The van der Waals surface area contributed by atoms with Gasteiger partial charge in [0.05, 0.1) is 0 Å². The lowest BCUT2D eigenvalue weighted by molar-refractivity contribution is 0.102. The topological polar surface area (TPSA) is 81.6 Å². The van der Waals surface area contributed by atoms with E-state index in [4.69, 9.17) is 5.26 Å². The van der Waals surface area contributed by atoms with Crippen LogP contribution in [-0.2, 0) is 0 Å². The second kappa shape index (κ2) is 5.54. The van der Waals surface area contributed by atoms with E-state index in [1.807, 2.05) is 6.07 Å². The lowest BCUT2D eigenvalue weighted by atomic mass is 10.2. The van der Waals surface area contributed by atoms with Gasteiger partial charge in [0.25, 0.3) is 5.91 Å². The quantitative estimate of drug-likeness (QED) is 0.843. The zero-order valence-corrected chi connectivity index (χ0v) is 10.7. The van der Waals surface area contributed by atoms with E-state index in [2.05, 4.69) is 15.5 Å². The number of amides is 1. The molecule has 2 N–H and O–H groups in total. The maximum atomic E-state index is 12.8. The fraction of sp³-hybridized carbons (Fsp3) is 0.0833. The van der Waals surface area contributed by atoms with E-state index in [1.165, 1.54) is 36.0 Å². The van der Waals surface area contributed by atoms with Gasteiger partial charge in [-0.1, -0.05) is 0 Å². The monoisotopic (exact) mass is 276 g/mol. The Bertz CT molecular complexity index is 645. The van der Waals surface area contributed by atoms with Crippen LogP contribution < -0.4 is 5.32 Å². The summed E-state index contributed by atoms with van der Waals surface area (Å²) < 4.78 is 12.8. The molecule has 1 aromatic carbocycles. The number of thioether (sulfide) groups is 1. The summed E-state index contributed by atoms with van der Waals surface area (Å²) in [5, 5.41) is 18.6. The summed E-state index contributed by atoms with van der Waals surface area (Å²) in [7, 11) is 0. The lowest BCUT2D eigenvalue weighted by Crippen LogP contribution is -2.13. The van der Waals surface area contributed by atoms with Crippen molar-refractivity contribution >= 4 is 23.5 Å². The molecule has 0 saturated heterocycles. The van der Waals surface area contributed by atoms with Gasteiger partial charge >= 0.3 is 0 Å². The number of nitrogens with zero attached hydrogens (tertiary/aromatic N) is 2. The number of rotatable bonds is 3. The number of nitriles is 1. The number of hydrogen-bond acceptors (Lipinski definition) is 4. The van der Waals surface area contributed by atoms with Crippen molar-refractivity contribution in [2.45, 2.75) is 5.03 Å². The number of nitrogens with one attached hydrogen (secondary N) is 2. The maximum Gasteiger partial charge on any atom is 0.256 e. The van der Waals surface area contributed by atoms with E-state index >= 15 is 0 Å². The van der Waals surface area contributed by atoms with Crippen LogP contribution >= 0.6 is 11.8 Å². The van der Waals surface area contributed by atoms with Crippen molar-refractivity contribution in [3.05, 3.63) is 41.2 Å². The first-order chi connectivity index (χ1) is 9.15. The molecule has 2 rings (SSSR count). The summed E-state index contributed by atoms with van der Waals surface area (Å²) in [5.41, 5.74) is 0.577. The first-order valence-electron chi connectivity index (χ1n) is 5.25. The first kappa shape index (κ1) is 13.1. The van der Waals surface area contributed by atoms with Crippen LogP contribution in [0.2, 0.25) is 0 Å². The minimum atomic E-state index is -0.437. The predicted octanol–water partition coefficient (Wildman–Crippen LogP) is 2.39. The Balaban J connectivity index is 2.22. The number of carbonyl (C=O) groups excluding carboxylic acids is 1. The van der Waals surface area contributed by atoms with Crippen molar-refractivity contribution < 1.29 is 9.18 Å². The molecule has 0 fully saturated rings. The largest absolute Gasteiger partial charge is 0.306 e. The van der Waals surface area contributed by atoms with Crippen molar-refractivity contribution in [1.82, 2.24) is 10.2 Å². The van der Waals surface area contributed by atoms with Gasteiger partial charge in [-0.15, -0.1) is 11.8 Å². The average molecular weight is 276 g/mol. The molecule has 2 aromatic rings. The number of carbonyl (C=O) groups is 1. The number of anilines is 1. The van der Waals surface area contributed by atoms with Crippen LogP contribution in [-0.4, -0.2) is 22.4 Å². The highest BCUT2D eigenvalue weighted by Crippen LogP contribution is 2.23. The Morgan fingerprint density at radius 3 is 2.74 bits per heavy atom. The van der Waals surface area contributed by atoms with Crippen molar-refractivity contribution in [2.24, 2.45) is 0 Å². The van der Waals surface area contributed by atoms with Crippen LogP contribution in [0.4, 0.5) is 10.2 Å². The van der Waals surface area contributed by atoms with Crippen LogP contribution in [0.15, 0.2) is 29.3 Å². The second-order valence-corrected chi connectivity index (χ2v) is 4.35. The van der Waals surface area contributed by atoms with Gasteiger partial charge < -0.3 is 5.32 Å². The normalized spacial score (nSPS) is 9.95. The Morgan fingerprint density at radius 1 is 1.47 bits per heavy atom.